The Morgan fingerprint density at radius 2 is 2.00 bits per heavy atom. The molecule has 0 aliphatic heterocycles. The number of nitrogens with one attached hydrogen (secondary N) is 1. The lowest BCUT2D eigenvalue weighted by Crippen LogP contribution is -2.34. The fourth-order valence-corrected chi connectivity index (χ4v) is 3.03. The molecule has 0 spiro atoms. The highest BCUT2D eigenvalue weighted by molar-refractivity contribution is 5.76. The van der Waals surface area contributed by atoms with Gasteiger partial charge in [0.05, 0.1) is 0 Å². The van der Waals surface area contributed by atoms with Gasteiger partial charge in [-0.25, -0.2) is 0 Å². The van der Waals surface area contributed by atoms with Crippen LogP contribution in [0, 0.1) is 11.8 Å². The summed E-state index contributed by atoms with van der Waals surface area (Å²) in [5.74, 6) is 1.44. The van der Waals surface area contributed by atoms with Crippen LogP contribution < -0.4 is 11.1 Å². The highest BCUT2D eigenvalue weighted by Crippen LogP contribution is 2.28. The van der Waals surface area contributed by atoms with E-state index < -0.39 is 0 Å². The fraction of sp³-hybridized carbons (Fsp3) is 0.588. The predicted octanol–water partition coefficient (Wildman–Crippen LogP) is 3.02. The minimum absolute atomic E-state index is 0.0686. The Balaban J connectivity index is 1.75. The Bertz CT molecular complexity index is 418. The van der Waals surface area contributed by atoms with E-state index in [9.17, 15) is 4.79 Å². The zero-order valence-corrected chi connectivity index (χ0v) is 12.3. The number of hydrogen-bond acceptors (Lipinski definition) is 2. The van der Waals surface area contributed by atoms with Crippen LogP contribution in [0.15, 0.2) is 30.3 Å². The molecule has 1 aliphatic rings. The van der Waals surface area contributed by atoms with Gasteiger partial charge in [-0.15, -0.1) is 0 Å². The van der Waals surface area contributed by atoms with Crippen molar-refractivity contribution in [2.45, 2.75) is 45.1 Å². The van der Waals surface area contributed by atoms with Gasteiger partial charge in [0.2, 0.25) is 5.91 Å². The van der Waals surface area contributed by atoms with Gasteiger partial charge >= 0.3 is 0 Å². The van der Waals surface area contributed by atoms with Crippen molar-refractivity contribution < 1.29 is 4.79 Å². The normalized spacial score (nSPS) is 24.1. The van der Waals surface area contributed by atoms with Gasteiger partial charge in [0, 0.05) is 19.0 Å². The van der Waals surface area contributed by atoms with Crippen LogP contribution in [0.4, 0.5) is 0 Å². The lowest BCUT2D eigenvalue weighted by atomic mass is 9.80. The molecule has 1 saturated carbocycles. The third-order valence-electron chi connectivity index (χ3n) is 4.48. The molecule has 0 bridgehead atoms. The van der Waals surface area contributed by atoms with E-state index in [1.165, 1.54) is 25.7 Å². The van der Waals surface area contributed by atoms with Crippen molar-refractivity contribution in [2.24, 2.45) is 17.6 Å². The Morgan fingerprint density at radius 1 is 1.30 bits per heavy atom. The highest BCUT2D eigenvalue weighted by Gasteiger charge is 2.22. The van der Waals surface area contributed by atoms with E-state index in [2.05, 4.69) is 12.2 Å². The number of hydrogen-bond donors (Lipinski definition) is 2. The lowest BCUT2D eigenvalue weighted by molar-refractivity contribution is -0.121. The second-order valence-corrected chi connectivity index (χ2v) is 6.05. The second kappa shape index (κ2) is 7.44. The van der Waals surface area contributed by atoms with Crippen LogP contribution in [0.1, 0.15) is 50.6 Å². The van der Waals surface area contributed by atoms with E-state index in [1.54, 1.807) is 0 Å². The van der Waals surface area contributed by atoms with E-state index in [-0.39, 0.29) is 11.9 Å². The second-order valence-electron chi connectivity index (χ2n) is 6.05. The summed E-state index contributed by atoms with van der Waals surface area (Å²) in [7, 11) is 0. The number of benzene rings is 1. The Labute approximate surface area is 121 Å². The van der Waals surface area contributed by atoms with Crippen LogP contribution in [0.25, 0.3) is 0 Å². The lowest BCUT2D eigenvalue weighted by Gasteiger charge is -2.28. The third-order valence-corrected chi connectivity index (χ3v) is 4.48. The molecule has 20 heavy (non-hydrogen) atoms. The van der Waals surface area contributed by atoms with E-state index >= 15 is 0 Å². The summed E-state index contributed by atoms with van der Waals surface area (Å²) in [6.07, 6.45) is 5.54. The smallest absolute Gasteiger partial charge is 0.221 e. The van der Waals surface area contributed by atoms with Gasteiger partial charge in [-0.2, -0.15) is 0 Å². The average Bonchev–Trinajstić information content (AvgIpc) is 2.47. The summed E-state index contributed by atoms with van der Waals surface area (Å²) in [6, 6.07) is 9.61. The fourth-order valence-electron chi connectivity index (χ4n) is 3.03. The molecule has 2 rings (SSSR count). The van der Waals surface area contributed by atoms with Crippen LogP contribution >= 0.6 is 0 Å². The first kappa shape index (κ1) is 15.0. The van der Waals surface area contributed by atoms with Crippen LogP contribution in [0.5, 0.6) is 0 Å². The van der Waals surface area contributed by atoms with Crippen molar-refractivity contribution in [1.29, 1.82) is 0 Å². The molecule has 0 radical (unpaired) electrons. The molecule has 0 heterocycles. The molecule has 1 aromatic rings. The van der Waals surface area contributed by atoms with Gasteiger partial charge in [0.1, 0.15) is 0 Å². The summed E-state index contributed by atoms with van der Waals surface area (Å²) in [6.45, 7) is 3.10. The van der Waals surface area contributed by atoms with Crippen LogP contribution in [0.3, 0.4) is 0 Å². The Hall–Kier alpha value is -1.35. The van der Waals surface area contributed by atoms with Crippen molar-refractivity contribution in [3.63, 3.8) is 0 Å². The van der Waals surface area contributed by atoms with E-state index in [0.717, 1.165) is 18.0 Å². The first-order valence-electron chi connectivity index (χ1n) is 7.74. The number of rotatable bonds is 5. The van der Waals surface area contributed by atoms with Crippen LogP contribution in [0.2, 0.25) is 0 Å². The molecule has 3 nitrogen and oxygen atoms in total. The van der Waals surface area contributed by atoms with Crippen molar-refractivity contribution in [2.75, 3.05) is 6.54 Å². The maximum absolute atomic E-state index is 12.0. The SMILES string of the molecule is CC1CCCCC1CNC(=O)CC(N)c1ccccc1. The molecule has 3 N–H and O–H groups in total. The van der Waals surface area contributed by atoms with Crippen molar-refractivity contribution in [1.82, 2.24) is 5.32 Å². The van der Waals surface area contributed by atoms with E-state index in [0.29, 0.717) is 12.3 Å². The molecule has 1 fully saturated rings. The average molecular weight is 274 g/mol. The molecule has 3 heteroatoms. The van der Waals surface area contributed by atoms with Crippen molar-refractivity contribution in [3.8, 4) is 0 Å². The number of carbonyl (C=O) groups is 1. The largest absolute Gasteiger partial charge is 0.356 e. The highest BCUT2D eigenvalue weighted by atomic mass is 16.1. The summed E-state index contributed by atoms with van der Waals surface area (Å²) >= 11 is 0. The molecule has 1 aromatic carbocycles. The van der Waals surface area contributed by atoms with Crippen LogP contribution in [-0.4, -0.2) is 12.5 Å². The van der Waals surface area contributed by atoms with Gasteiger partial charge in [0.15, 0.2) is 0 Å². The van der Waals surface area contributed by atoms with Gasteiger partial charge < -0.3 is 11.1 Å². The number of carbonyl (C=O) groups excluding carboxylic acids is 1. The monoisotopic (exact) mass is 274 g/mol. The summed E-state index contributed by atoms with van der Waals surface area (Å²) < 4.78 is 0. The van der Waals surface area contributed by atoms with E-state index in [1.807, 2.05) is 30.3 Å². The quantitative estimate of drug-likeness (QED) is 0.867. The summed E-state index contributed by atoms with van der Waals surface area (Å²) in [5, 5.41) is 3.06. The van der Waals surface area contributed by atoms with Gasteiger partial charge in [-0.1, -0.05) is 56.5 Å². The molecular formula is C17H26N2O. The molecule has 1 aliphatic carbocycles. The minimum Gasteiger partial charge on any atom is -0.356 e. The zero-order chi connectivity index (χ0) is 14.4. The van der Waals surface area contributed by atoms with Gasteiger partial charge in [0.25, 0.3) is 0 Å². The molecule has 110 valence electrons. The van der Waals surface area contributed by atoms with Gasteiger partial charge in [-0.3, -0.25) is 4.79 Å². The molecule has 3 unspecified atom stereocenters. The van der Waals surface area contributed by atoms with Crippen molar-refractivity contribution >= 4 is 5.91 Å². The third kappa shape index (κ3) is 4.34. The Morgan fingerprint density at radius 3 is 2.70 bits per heavy atom. The molecule has 0 aromatic heterocycles. The maximum atomic E-state index is 12.0. The molecule has 1 amide bonds. The maximum Gasteiger partial charge on any atom is 0.221 e. The molecule has 0 saturated heterocycles. The zero-order valence-electron chi connectivity index (χ0n) is 12.3. The van der Waals surface area contributed by atoms with E-state index in [4.69, 9.17) is 5.73 Å². The minimum atomic E-state index is -0.208. The Kier molecular flexibility index (Phi) is 5.60. The first-order chi connectivity index (χ1) is 9.66. The molecule has 3 atom stereocenters. The molecular weight excluding hydrogens is 248 g/mol. The summed E-state index contributed by atoms with van der Waals surface area (Å²) in [5.41, 5.74) is 7.09. The number of nitrogens with two attached hydrogens (primary N) is 1. The van der Waals surface area contributed by atoms with Crippen LogP contribution in [-0.2, 0) is 4.79 Å². The topological polar surface area (TPSA) is 55.1 Å². The summed E-state index contributed by atoms with van der Waals surface area (Å²) in [4.78, 5) is 12.0. The standard InChI is InChI=1S/C17H26N2O/c1-13-7-5-6-10-15(13)12-19-17(20)11-16(18)14-8-3-2-4-9-14/h2-4,8-9,13,15-16H,5-7,10-12,18H2,1H3,(H,19,20). The first-order valence-corrected chi connectivity index (χ1v) is 7.74. The number of amides is 1. The van der Waals surface area contributed by atoms with Crippen molar-refractivity contribution in [3.05, 3.63) is 35.9 Å². The van der Waals surface area contributed by atoms with Gasteiger partial charge in [-0.05, 0) is 23.8 Å². The predicted molar refractivity (Wildman–Crippen MR) is 82.1 cm³/mol.